The molecule has 6 heteroatoms. The van der Waals surface area contributed by atoms with Crippen molar-refractivity contribution in [3.05, 3.63) is 59.2 Å². The maximum absolute atomic E-state index is 12.1. The summed E-state index contributed by atoms with van der Waals surface area (Å²) in [5.41, 5.74) is 5.34. The number of hydrogen-bond donors (Lipinski definition) is 2. The number of nitrogens with one attached hydrogen (secondary N) is 2. The predicted octanol–water partition coefficient (Wildman–Crippen LogP) is 6.68. The highest BCUT2D eigenvalue weighted by molar-refractivity contribution is 5.93. The van der Waals surface area contributed by atoms with E-state index in [-0.39, 0.29) is 22.7 Å². The van der Waals surface area contributed by atoms with Gasteiger partial charge in [0.25, 0.3) is 0 Å². The van der Waals surface area contributed by atoms with Gasteiger partial charge in [0.2, 0.25) is 11.8 Å². The van der Waals surface area contributed by atoms with Gasteiger partial charge in [-0.25, -0.2) is 0 Å². The summed E-state index contributed by atoms with van der Waals surface area (Å²) in [6.45, 7) is 13.8. The Morgan fingerprint density at radius 1 is 0.941 bits per heavy atom. The molecule has 180 valence electrons. The molecular formula is C28H36N4O2. The van der Waals surface area contributed by atoms with Crippen molar-refractivity contribution in [2.24, 2.45) is 5.92 Å². The number of hydrogen-bond acceptors (Lipinski definition) is 5. The van der Waals surface area contributed by atoms with Crippen LogP contribution in [0.1, 0.15) is 77.5 Å². The van der Waals surface area contributed by atoms with Crippen LogP contribution in [0.4, 0.5) is 11.7 Å². The van der Waals surface area contributed by atoms with Crippen LogP contribution < -0.4 is 10.6 Å². The number of rotatable bonds is 6. The summed E-state index contributed by atoms with van der Waals surface area (Å²) in [5.74, 6) is 0.811. The van der Waals surface area contributed by atoms with Crippen LogP contribution >= 0.6 is 0 Å². The van der Waals surface area contributed by atoms with Gasteiger partial charge in [-0.3, -0.25) is 4.79 Å². The van der Waals surface area contributed by atoms with Gasteiger partial charge in [0.1, 0.15) is 0 Å². The Labute approximate surface area is 202 Å². The molecule has 2 aromatic carbocycles. The van der Waals surface area contributed by atoms with Gasteiger partial charge in [-0.1, -0.05) is 71.3 Å². The first-order valence-corrected chi connectivity index (χ1v) is 12.1. The van der Waals surface area contributed by atoms with Crippen LogP contribution in [0.15, 0.2) is 46.9 Å². The molecule has 1 fully saturated rings. The van der Waals surface area contributed by atoms with Crippen molar-refractivity contribution in [3.63, 3.8) is 0 Å². The second-order valence-corrected chi connectivity index (χ2v) is 11.4. The third kappa shape index (κ3) is 5.66. The predicted molar refractivity (Wildman–Crippen MR) is 137 cm³/mol. The Hall–Kier alpha value is -3.15. The molecule has 2 N–H and O–H groups in total. The minimum atomic E-state index is 0.0145. The molecule has 1 saturated carbocycles. The molecule has 1 aromatic heterocycles. The minimum absolute atomic E-state index is 0.0145. The van der Waals surface area contributed by atoms with Gasteiger partial charge >= 0.3 is 6.01 Å². The van der Waals surface area contributed by atoms with Crippen molar-refractivity contribution < 1.29 is 9.21 Å². The second-order valence-electron chi connectivity index (χ2n) is 11.4. The molecule has 3 aromatic rings. The zero-order valence-corrected chi connectivity index (χ0v) is 21.2. The van der Waals surface area contributed by atoms with E-state index in [0.717, 1.165) is 36.1 Å². The van der Waals surface area contributed by atoms with Crippen molar-refractivity contribution >= 4 is 17.6 Å². The monoisotopic (exact) mass is 460 g/mol. The van der Waals surface area contributed by atoms with Gasteiger partial charge < -0.3 is 15.1 Å². The van der Waals surface area contributed by atoms with Crippen LogP contribution in [0.5, 0.6) is 0 Å². The van der Waals surface area contributed by atoms with Crippen molar-refractivity contribution in [3.8, 4) is 11.5 Å². The summed E-state index contributed by atoms with van der Waals surface area (Å²) >= 11 is 0. The van der Waals surface area contributed by atoms with E-state index >= 15 is 0 Å². The Morgan fingerprint density at radius 2 is 1.56 bits per heavy atom. The molecule has 0 spiro atoms. The van der Waals surface area contributed by atoms with Crippen LogP contribution in [-0.2, 0) is 22.2 Å². The third-order valence-corrected chi connectivity index (χ3v) is 6.48. The molecule has 1 aliphatic rings. The molecule has 0 aliphatic heterocycles. The molecule has 0 unspecified atom stereocenters. The molecule has 4 rings (SSSR count). The number of amides is 1. The van der Waals surface area contributed by atoms with Gasteiger partial charge in [-0.05, 0) is 64.6 Å². The summed E-state index contributed by atoms with van der Waals surface area (Å²) < 4.78 is 5.96. The van der Waals surface area contributed by atoms with Crippen molar-refractivity contribution in [2.45, 2.75) is 78.2 Å². The average Bonchev–Trinajstić information content (AvgIpc) is 3.19. The van der Waals surface area contributed by atoms with Crippen LogP contribution in [0, 0.1) is 5.92 Å². The lowest BCUT2D eigenvalue weighted by molar-refractivity contribution is -0.122. The molecule has 1 aliphatic carbocycles. The highest BCUT2D eigenvalue weighted by atomic mass is 16.4. The Morgan fingerprint density at radius 3 is 2.09 bits per heavy atom. The number of carbonyl (C=O) groups is 1. The maximum Gasteiger partial charge on any atom is 0.316 e. The highest BCUT2D eigenvalue weighted by Gasteiger charge is 2.25. The molecule has 0 saturated heterocycles. The lowest BCUT2D eigenvalue weighted by atomic mass is 9.79. The summed E-state index contributed by atoms with van der Waals surface area (Å²) in [6.07, 6.45) is 3.15. The standard InChI is InChI=1S/C28H36N4O2/c1-27(2,3)21-14-20(15-22(16-21)28(4,5)6)25-31-32-26(34-25)29-17-18-10-12-23(13-11-18)30-24(33)19-8-7-9-19/h10-16,19H,7-9,17H2,1-6H3,(H,29,32)(H,30,33). The molecular weight excluding hydrogens is 424 g/mol. The van der Waals surface area contributed by atoms with E-state index in [4.69, 9.17) is 4.42 Å². The van der Waals surface area contributed by atoms with Gasteiger partial charge in [0, 0.05) is 23.7 Å². The number of anilines is 2. The number of carbonyl (C=O) groups excluding carboxylic acids is 1. The fourth-order valence-corrected chi connectivity index (χ4v) is 3.83. The van der Waals surface area contributed by atoms with E-state index in [1.807, 2.05) is 24.3 Å². The van der Waals surface area contributed by atoms with Crippen LogP contribution in [0.2, 0.25) is 0 Å². The van der Waals surface area contributed by atoms with Gasteiger partial charge in [0.15, 0.2) is 0 Å². The van der Waals surface area contributed by atoms with Crippen molar-refractivity contribution in [2.75, 3.05) is 10.6 Å². The maximum atomic E-state index is 12.1. The normalized spacial score (nSPS) is 14.5. The molecule has 34 heavy (non-hydrogen) atoms. The smallest absolute Gasteiger partial charge is 0.316 e. The average molecular weight is 461 g/mol. The number of aromatic nitrogens is 2. The lowest BCUT2D eigenvalue weighted by Crippen LogP contribution is -2.27. The zero-order chi connectivity index (χ0) is 24.5. The zero-order valence-electron chi connectivity index (χ0n) is 21.2. The fourth-order valence-electron chi connectivity index (χ4n) is 3.83. The van der Waals surface area contributed by atoms with Crippen molar-refractivity contribution in [1.29, 1.82) is 0 Å². The molecule has 0 bridgehead atoms. The van der Waals surface area contributed by atoms with Gasteiger partial charge in [0.05, 0.1) is 0 Å². The largest absolute Gasteiger partial charge is 0.403 e. The number of benzene rings is 2. The first-order chi connectivity index (χ1) is 16.0. The second kappa shape index (κ2) is 9.24. The van der Waals surface area contributed by atoms with Crippen LogP contribution in [-0.4, -0.2) is 16.1 Å². The first kappa shape index (κ1) is 24.0. The quantitative estimate of drug-likeness (QED) is 0.429. The van der Waals surface area contributed by atoms with E-state index in [1.54, 1.807) is 0 Å². The number of nitrogens with zero attached hydrogens (tertiary/aromatic N) is 2. The Bertz CT molecular complexity index is 1110. The molecule has 6 nitrogen and oxygen atoms in total. The third-order valence-electron chi connectivity index (χ3n) is 6.48. The summed E-state index contributed by atoms with van der Waals surface area (Å²) in [7, 11) is 0. The van der Waals surface area contributed by atoms with E-state index < -0.39 is 0 Å². The molecule has 0 radical (unpaired) electrons. The van der Waals surface area contributed by atoms with E-state index in [0.29, 0.717) is 18.5 Å². The summed E-state index contributed by atoms with van der Waals surface area (Å²) in [5, 5.41) is 14.7. The minimum Gasteiger partial charge on any atom is -0.403 e. The summed E-state index contributed by atoms with van der Waals surface area (Å²) in [6, 6.07) is 14.8. The van der Waals surface area contributed by atoms with E-state index in [1.165, 1.54) is 11.1 Å². The Kier molecular flexibility index (Phi) is 6.52. The highest BCUT2D eigenvalue weighted by Crippen LogP contribution is 2.34. The van der Waals surface area contributed by atoms with E-state index in [2.05, 4.69) is 80.6 Å². The SMILES string of the molecule is CC(C)(C)c1cc(-c2nnc(NCc3ccc(NC(=O)C4CCC4)cc3)o2)cc(C(C)(C)C)c1. The molecule has 1 heterocycles. The fraction of sp³-hybridized carbons (Fsp3) is 0.464. The lowest BCUT2D eigenvalue weighted by Gasteiger charge is -2.25. The molecule has 0 atom stereocenters. The first-order valence-electron chi connectivity index (χ1n) is 12.1. The molecule has 1 amide bonds. The van der Waals surface area contributed by atoms with Crippen molar-refractivity contribution in [1.82, 2.24) is 10.2 Å². The van der Waals surface area contributed by atoms with Gasteiger partial charge in [-0.2, -0.15) is 0 Å². The Balaban J connectivity index is 1.43. The topological polar surface area (TPSA) is 80.0 Å². The van der Waals surface area contributed by atoms with E-state index in [9.17, 15) is 4.79 Å². The van der Waals surface area contributed by atoms with Crippen LogP contribution in [0.3, 0.4) is 0 Å². The van der Waals surface area contributed by atoms with Crippen LogP contribution in [0.25, 0.3) is 11.5 Å². The van der Waals surface area contributed by atoms with Gasteiger partial charge in [-0.15, -0.1) is 5.10 Å². The summed E-state index contributed by atoms with van der Waals surface area (Å²) in [4.78, 5) is 12.1.